The smallest absolute Gasteiger partial charge is 0.254 e. The van der Waals surface area contributed by atoms with Gasteiger partial charge in [-0.3, -0.25) is 4.79 Å². The SMILES string of the molecule is N#CN1CCC(NC(=O)c2cc(N3Cc4ccccc4C3)ncc2F)C1. The van der Waals surface area contributed by atoms with Gasteiger partial charge in [0.25, 0.3) is 5.91 Å². The summed E-state index contributed by atoms with van der Waals surface area (Å²) in [6.45, 7) is 2.45. The fourth-order valence-corrected chi connectivity index (χ4v) is 3.50. The van der Waals surface area contributed by atoms with Crippen LogP contribution in [0.4, 0.5) is 10.2 Å². The summed E-state index contributed by atoms with van der Waals surface area (Å²) in [6, 6.07) is 9.47. The van der Waals surface area contributed by atoms with E-state index in [9.17, 15) is 9.18 Å². The second kappa shape index (κ2) is 6.64. The molecule has 0 bridgehead atoms. The Morgan fingerprint density at radius 1 is 1.31 bits per heavy atom. The number of fused-ring (bicyclic) bond motifs is 1. The summed E-state index contributed by atoms with van der Waals surface area (Å²) in [7, 11) is 0. The summed E-state index contributed by atoms with van der Waals surface area (Å²) in [5.41, 5.74) is 2.42. The molecule has 2 aliphatic heterocycles. The van der Waals surface area contributed by atoms with Crippen LogP contribution in [-0.4, -0.2) is 34.9 Å². The number of hydrogen-bond donors (Lipinski definition) is 1. The summed E-state index contributed by atoms with van der Waals surface area (Å²) in [6.07, 6.45) is 3.85. The average Bonchev–Trinajstić information content (AvgIpc) is 3.28. The number of amides is 1. The van der Waals surface area contributed by atoms with E-state index in [1.54, 1.807) is 4.90 Å². The number of carbonyl (C=O) groups is 1. The molecule has 0 spiro atoms. The zero-order valence-electron chi connectivity index (χ0n) is 14.2. The molecule has 1 atom stereocenters. The Kier molecular flexibility index (Phi) is 4.17. The molecule has 26 heavy (non-hydrogen) atoms. The molecule has 6 nitrogen and oxygen atoms in total. The highest BCUT2D eigenvalue weighted by atomic mass is 19.1. The van der Waals surface area contributed by atoms with Crippen LogP contribution < -0.4 is 10.2 Å². The topological polar surface area (TPSA) is 72.3 Å². The van der Waals surface area contributed by atoms with Gasteiger partial charge < -0.3 is 15.1 Å². The maximum Gasteiger partial charge on any atom is 0.254 e. The molecular formula is C19H18FN5O. The molecule has 1 saturated heterocycles. The number of nitriles is 1. The molecule has 2 aromatic rings. The van der Waals surface area contributed by atoms with E-state index in [1.165, 1.54) is 17.2 Å². The number of halogens is 1. The molecule has 7 heteroatoms. The number of rotatable bonds is 3. The van der Waals surface area contributed by atoms with Gasteiger partial charge in [-0.25, -0.2) is 9.37 Å². The molecule has 1 amide bonds. The Morgan fingerprint density at radius 2 is 2.04 bits per heavy atom. The fourth-order valence-electron chi connectivity index (χ4n) is 3.50. The van der Waals surface area contributed by atoms with E-state index in [1.807, 2.05) is 17.0 Å². The van der Waals surface area contributed by atoms with Crippen LogP contribution in [0.5, 0.6) is 0 Å². The minimum atomic E-state index is -0.641. The number of hydrogen-bond acceptors (Lipinski definition) is 5. The van der Waals surface area contributed by atoms with Crippen LogP contribution in [-0.2, 0) is 13.1 Å². The predicted molar refractivity (Wildman–Crippen MR) is 93.6 cm³/mol. The molecular weight excluding hydrogens is 333 g/mol. The Bertz CT molecular complexity index is 869. The van der Waals surface area contributed by atoms with E-state index >= 15 is 0 Å². The van der Waals surface area contributed by atoms with Crippen molar-refractivity contribution in [2.75, 3.05) is 18.0 Å². The number of nitrogens with one attached hydrogen (secondary N) is 1. The first-order chi connectivity index (χ1) is 12.6. The van der Waals surface area contributed by atoms with Crippen LogP contribution in [0.25, 0.3) is 0 Å². The van der Waals surface area contributed by atoms with Crippen molar-refractivity contribution in [2.24, 2.45) is 0 Å². The number of carbonyl (C=O) groups excluding carboxylic acids is 1. The van der Waals surface area contributed by atoms with Gasteiger partial charge in [-0.05, 0) is 23.6 Å². The van der Waals surface area contributed by atoms with Gasteiger partial charge in [0.2, 0.25) is 0 Å². The normalized spacial score (nSPS) is 18.5. The summed E-state index contributed by atoms with van der Waals surface area (Å²) >= 11 is 0. The lowest BCUT2D eigenvalue weighted by Crippen LogP contribution is -2.37. The first kappa shape index (κ1) is 16.3. The van der Waals surface area contributed by atoms with Crippen LogP contribution in [0, 0.1) is 17.3 Å². The summed E-state index contributed by atoms with van der Waals surface area (Å²) < 4.78 is 14.2. The van der Waals surface area contributed by atoms with Crippen molar-refractivity contribution in [2.45, 2.75) is 25.6 Å². The molecule has 2 aliphatic rings. The van der Waals surface area contributed by atoms with E-state index in [2.05, 4.69) is 28.6 Å². The Hall–Kier alpha value is -3.14. The molecule has 1 fully saturated rings. The third kappa shape index (κ3) is 3.06. The molecule has 1 unspecified atom stereocenters. The third-order valence-electron chi connectivity index (χ3n) is 4.92. The Balaban J connectivity index is 1.50. The van der Waals surface area contributed by atoms with Gasteiger partial charge >= 0.3 is 0 Å². The largest absolute Gasteiger partial charge is 0.348 e. The van der Waals surface area contributed by atoms with E-state index in [-0.39, 0.29) is 11.6 Å². The van der Waals surface area contributed by atoms with Gasteiger partial charge in [-0.15, -0.1) is 0 Å². The van der Waals surface area contributed by atoms with Crippen LogP contribution in [0.2, 0.25) is 0 Å². The number of aromatic nitrogens is 1. The van der Waals surface area contributed by atoms with Crippen LogP contribution in [0.15, 0.2) is 36.5 Å². The molecule has 4 rings (SSSR count). The summed E-state index contributed by atoms with van der Waals surface area (Å²) in [5.74, 6) is -0.524. The minimum absolute atomic E-state index is 0.0126. The van der Waals surface area contributed by atoms with Crippen LogP contribution >= 0.6 is 0 Å². The number of nitrogens with zero attached hydrogens (tertiary/aromatic N) is 4. The number of anilines is 1. The number of benzene rings is 1. The van der Waals surface area contributed by atoms with Crippen molar-refractivity contribution in [3.8, 4) is 6.19 Å². The molecule has 132 valence electrons. The van der Waals surface area contributed by atoms with Gasteiger partial charge in [-0.1, -0.05) is 24.3 Å². The van der Waals surface area contributed by atoms with Crippen LogP contribution in [0.1, 0.15) is 27.9 Å². The fraction of sp³-hybridized carbons (Fsp3) is 0.316. The van der Waals surface area contributed by atoms with Gasteiger partial charge in [0.15, 0.2) is 12.0 Å². The van der Waals surface area contributed by atoms with Crippen molar-refractivity contribution in [3.63, 3.8) is 0 Å². The Morgan fingerprint density at radius 3 is 2.69 bits per heavy atom. The molecule has 3 heterocycles. The third-order valence-corrected chi connectivity index (χ3v) is 4.92. The molecule has 0 radical (unpaired) electrons. The van der Waals surface area contributed by atoms with Gasteiger partial charge in [0.05, 0.1) is 11.8 Å². The maximum atomic E-state index is 14.2. The zero-order valence-corrected chi connectivity index (χ0v) is 14.2. The number of likely N-dealkylation sites (tertiary alicyclic amines) is 1. The standard InChI is InChI=1S/C19H18FN5O/c20-17-8-22-18(25-9-13-3-1-2-4-14(13)10-25)7-16(17)19(26)23-15-5-6-24(11-15)12-21/h1-4,7-8,15H,5-6,9-11H2,(H,23,26). The van der Waals surface area contributed by atoms with Gasteiger partial charge in [-0.2, -0.15) is 5.26 Å². The average molecular weight is 351 g/mol. The van der Waals surface area contributed by atoms with E-state index in [0.717, 1.165) is 6.20 Å². The lowest BCUT2D eigenvalue weighted by atomic mass is 10.1. The van der Waals surface area contributed by atoms with E-state index in [4.69, 9.17) is 5.26 Å². The first-order valence-electron chi connectivity index (χ1n) is 8.57. The highest BCUT2D eigenvalue weighted by molar-refractivity contribution is 5.95. The van der Waals surface area contributed by atoms with E-state index in [0.29, 0.717) is 38.4 Å². The molecule has 1 aromatic carbocycles. The quantitative estimate of drug-likeness (QED) is 0.857. The number of pyridine rings is 1. The molecule has 0 saturated carbocycles. The van der Waals surface area contributed by atoms with Crippen molar-refractivity contribution in [3.05, 3.63) is 59.0 Å². The van der Waals surface area contributed by atoms with Crippen molar-refractivity contribution >= 4 is 11.7 Å². The summed E-state index contributed by atoms with van der Waals surface area (Å²) in [5, 5.41) is 11.7. The lowest BCUT2D eigenvalue weighted by Gasteiger charge is -2.18. The van der Waals surface area contributed by atoms with Crippen LogP contribution in [0.3, 0.4) is 0 Å². The second-order valence-electron chi connectivity index (χ2n) is 6.65. The van der Waals surface area contributed by atoms with Crippen molar-refractivity contribution in [1.82, 2.24) is 15.2 Å². The summed E-state index contributed by atoms with van der Waals surface area (Å²) in [4.78, 5) is 20.3. The van der Waals surface area contributed by atoms with Crippen molar-refractivity contribution < 1.29 is 9.18 Å². The van der Waals surface area contributed by atoms with Crippen molar-refractivity contribution in [1.29, 1.82) is 5.26 Å². The highest BCUT2D eigenvalue weighted by Crippen LogP contribution is 2.27. The second-order valence-corrected chi connectivity index (χ2v) is 6.65. The lowest BCUT2D eigenvalue weighted by molar-refractivity contribution is 0.0934. The maximum absolute atomic E-state index is 14.2. The molecule has 1 N–H and O–H groups in total. The zero-order chi connectivity index (χ0) is 18.1. The van der Waals surface area contributed by atoms with E-state index < -0.39 is 11.7 Å². The predicted octanol–water partition coefficient (Wildman–Crippen LogP) is 2.03. The Labute approximate surface area is 150 Å². The van der Waals surface area contributed by atoms with Gasteiger partial charge in [0.1, 0.15) is 5.82 Å². The molecule has 1 aromatic heterocycles. The first-order valence-corrected chi connectivity index (χ1v) is 8.57. The minimum Gasteiger partial charge on any atom is -0.348 e. The molecule has 0 aliphatic carbocycles. The van der Waals surface area contributed by atoms with Gasteiger partial charge in [0, 0.05) is 32.2 Å². The monoisotopic (exact) mass is 351 g/mol. The highest BCUT2D eigenvalue weighted by Gasteiger charge is 2.26.